The topological polar surface area (TPSA) is 66.0 Å². The summed E-state index contributed by atoms with van der Waals surface area (Å²) in [7, 11) is 0. The van der Waals surface area contributed by atoms with E-state index in [1.54, 1.807) is 0 Å². The van der Waals surface area contributed by atoms with Crippen molar-refractivity contribution in [3.05, 3.63) is 58.8 Å². The highest BCUT2D eigenvalue weighted by Crippen LogP contribution is 2.19. The van der Waals surface area contributed by atoms with Crippen molar-refractivity contribution in [2.24, 2.45) is 0 Å². The minimum Gasteiger partial charge on any atom is -0.370 e. The molecule has 0 atom stereocenters. The second-order valence-electron chi connectivity index (χ2n) is 6.19. The first kappa shape index (κ1) is 16.3. The summed E-state index contributed by atoms with van der Waals surface area (Å²) >= 11 is 0. The van der Waals surface area contributed by atoms with Crippen LogP contribution in [-0.2, 0) is 19.4 Å². The van der Waals surface area contributed by atoms with Crippen LogP contribution in [0.3, 0.4) is 0 Å². The van der Waals surface area contributed by atoms with E-state index >= 15 is 0 Å². The summed E-state index contributed by atoms with van der Waals surface area (Å²) in [6.45, 7) is 4.15. The number of aryl methyl sites for hydroxylation is 2. The number of nitrogens with zero attached hydrogens (tertiary/aromatic N) is 1. The van der Waals surface area contributed by atoms with Crippen molar-refractivity contribution in [2.45, 2.75) is 32.7 Å². The van der Waals surface area contributed by atoms with Crippen LogP contribution in [0.1, 0.15) is 28.8 Å². The van der Waals surface area contributed by atoms with Crippen molar-refractivity contribution in [2.75, 3.05) is 18.4 Å². The van der Waals surface area contributed by atoms with E-state index in [0.717, 1.165) is 42.9 Å². The van der Waals surface area contributed by atoms with E-state index in [4.69, 9.17) is 0 Å². The number of fused-ring (bicyclic) bond motifs is 1. The number of pyridine rings is 1. The number of nitrogens with one attached hydrogen (secondary N) is 3. The molecule has 0 saturated carbocycles. The van der Waals surface area contributed by atoms with Gasteiger partial charge in [-0.25, -0.2) is 9.78 Å². The van der Waals surface area contributed by atoms with Crippen molar-refractivity contribution < 1.29 is 4.79 Å². The third kappa shape index (κ3) is 4.47. The molecule has 0 spiro atoms. The van der Waals surface area contributed by atoms with Crippen molar-refractivity contribution in [1.29, 1.82) is 0 Å². The van der Waals surface area contributed by atoms with Crippen molar-refractivity contribution in [3.8, 4) is 0 Å². The van der Waals surface area contributed by atoms with Crippen LogP contribution in [0.2, 0.25) is 0 Å². The molecule has 3 N–H and O–H groups in total. The van der Waals surface area contributed by atoms with E-state index in [9.17, 15) is 4.79 Å². The SMILES string of the molecule is Cc1ccc(CNC(=O)NCCc2ccc3c(n2)NCCC3)cc1. The Hall–Kier alpha value is -2.56. The summed E-state index contributed by atoms with van der Waals surface area (Å²) in [6, 6.07) is 12.2. The molecule has 5 nitrogen and oxygen atoms in total. The largest absolute Gasteiger partial charge is 0.370 e. The number of carbonyl (C=O) groups is 1. The number of amides is 2. The molecule has 0 radical (unpaired) electrons. The molecular formula is C19H24N4O. The molecule has 1 aliphatic heterocycles. The van der Waals surface area contributed by atoms with Gasteiger partial charge < -0.3 is 16.0 Å². The summed E-state index contributed by atoms with van der Waals surface area (Å²) in [6.07, 6.45) is 2.99. The first-order chi connectivity index (χ1) is 11.7. The number of benzene rings is 1. The number of hydrogen-bond acceptors (Lipinski definition) is 3. The smallest absolute Gasteiger partial charge is 0.315 e. The third-order valence-corrected chi connectivity index (χ3v) is 4.19. The molecule has 1 aliphatic rings. The lowest BCUT2D eigenvalue weighted by atomic mass is 10.1. The molecule has 5 heteroatoms. The molecule has 0 saturated heterocycles. The molecule has 1 aromatic heterocycles. The Morgan fingerprint density at radius 2 is 2.00 bits per heavy atom. The average molecular weight is 324 g/mol. The molecule has 2 aromatic rings. The number of rotatable bonds is 5. The number of hydrogen-bond donors (Lipinski definition) is 3. The predicted molar refractivity (Wildman–Crippen MR) is 96.2 cm³/mol. The second-order valence-corrected chi connectivity index (χ2v) is 6.19. The van der Waals surface area contributed by atoms with Crippen LogP contribution in [0.15, 0.2) is 36.4 Å². The molecule has 2 heterocycles. The van der Waals surface area contributed by atoms with Gasteiger partial charge in [0.2, 0.25) is 0 Å². The first-order valence-electron chi connectivity index (χ1n) is 8.50. The summed E-state index contributed by atoms with van der Waals surface area (Å²) in [4.78, 5) is 16.5. The maximum Gasteiger partial charge on any atom is 0.315 e. The Balaban J connectivity index is 1.41. The fourth-order valence-electron chi connectivity index (χ4n) is 2.76. The molecular weight excluding hydrogens is 300 g/mol. The highest BCUT2D eigenvalue weighted by atomic mass is 16.2. The Labute approximate surface area is 142 Å². The van der Waals surface area contributed by atoms with E-state index in [2.05, 4.69) is 33.1 Å². The second kappa shape index (κ2) is 7.81. The zero-order chi connectivity index (χ0) is 16.8. The normalized spacial score (nSPS) is 12.9. The fourth-order valence-corrected chi connectivity index (χ4v) is 2.76. The number of anilines is 1. The van der Waals surface area contributed by atoms with E-state index in [1.807, 2.05) is 31.2 Å². The van der Waals surface area contributed by atoms with Crippen LogP contribution in [0, 0.1) is 6.92 Å². The Bertz CT molecular complexity index is 697. The van der Waals surface area contributed by atoms with Gasteiger partial charge in [0.05, 0.1) is 0 Å². The monoisotopic (exact) mass is 324 g/mol. The molecule has 0 bridgehead atoms. The van der Waals surface area contributed by atoms with Crippen LogP contribution in [0.4, 0.5) is 10.6 Å². The zero-order valence-electron chi connectivity index (χ0n) is 14.1. The molecule has 126 valence electrons. The van der Waals surface area contributed by atoms with Gasteiger partial charge in [-0.2, -0.15) is 0 Å². The molecule has 0 unspecified atom stereocenters. The van der Waals surface area contributed by atoms with E-state index in [-0.39, 0.29) is 6.03 Å². The minimum absolute atomic E-state index is 0.147. The number of carbonyl (C=O) groups excluding carboxylic acids is 1. The average Bonchev–Trinajstić information content (AvgIpc) is 2.61. The first-order valence-corrected chi connectivity index (χ1v) is 8.50. The molecule has 3 rings (SSSR count). The van der Waals surface area contributed by atoms with Crippen LogP contribution in [0.25, 0.3) is 0 Å². The summed E-state index contributed by atoms with van der Waals surface area (Å²) in [5, 5.41) is 9.09. The van der Waals surface area contributed by atoms with Gasteiger partial charge in [0, 0.05) is 31.7 Å². The van der Waals surface area contributed by atoms with E-state index in [0.29, 0.717) is 13.1 Å². The lowest BCUT2D eigenvalue weighted by molar-refractivity contribution is 0.240. The maximum atomic E-state index is 11.9. The van der Waals surface area contributed by atoms with Crippen molar-refractivity contribution in [1.82, 2.24) is 15.6 Å². The Morgan fingerprint density at radius 1 is 1.17 bits per heavy atom. The van der Waals surface area contributed by atoms with Gasteiger partial charge in [0.1, 0.15) is 5.82 Å². The Morgan fingerprint density at radius 3 is 2.83 bits per heavy atom. The van der Waals surface area contributed by atoms with Crippen molar-refractivity contribution in [3.63, 3.8) is 0 Å². The predicted octanol–water partition coefficient (Wildman–Crippen LogP) is 2.79. The number of aromatic nitrogens is 1. The van der Waals surface area contributed by atoms with Crippen LogP contribution in [-0.4, -0.2) is 24.1 Å². The standard InChI is InChI=1S/C19H24N4O/c1-14-4-6-15(7-5-14)13-22-19(24)21-12-10-17-9-8-16-3-2-11-20-18(16)23-17/h4-9H,2-3,10-13H2,1H3,(H,20,23)(H2,21,22,24). The Kier molecular flexibility index (Phi) is 5.31. The van der Waals surface area contributed by atoms with Gasteiger partial charge >= 0.3 is 6.03 Å². The minimum atomic E-state index is -0.147. The van der Waals surface area contributed by atoms with Crippen LogP contribution < -0.4 is 16.0 Å². The summed E-state index contributed by atoms with van der Waals surface area (Å²) in [5.74, 6) is 1.00. The molecule has 24 heavy (non-hydrogen) atoms. The molecule has 2 amide bonds. The zero-order valence-corrected chi connectivity index (χ0v) is 14.1. The van der Waals surface area contributed by atoms with Crippen LogP contribution in [0.5, 0.6) is 0 Å². The highest BCUT2D eigenvalue weighted by Gasteiger charge is 2.10. The lowest BCUT2D eigenvalue weighted by Gasteiger charge is -2.17. The summed E-state index contributed by atoms with van der Waals surface area (Å²) < 4.78 is 0. The highest BCUT2D eigenvalue weighted by molar-refractivity contribution is 5.73. The molecule has 0 fully saturated rings. The van der Waals surface area contributed by atoms with Gasteiger partial charge in [0.25, 0.3) is 0 Å². The van der Waals surface area contributed by atoms with Gasteiger partial charge in [-0.05, 0) is 37.0 Å². The van der Waals surface area contributed by atoms with Crippen molar-refractivity contribution >= 4 is 11.8 Å². The van der Waals surface area contributed by atoms with Gasteiger partial charge in [-0.15, -0.1) is 0 Å². The van der Waals surface area contributed by atoms with Gasteiger partial charge in [-0.1, -0.05) is 35.9 Å². The van der Waals surface area contributed by atoms with E-state index in [1.165, 1.54) is 11.1 Å². The third-order valence-electron chi connectivity index (χ3n) is 4.19. The molecule has 1 aromatic carbocycles. The fraction of sp³-hybridized carbons (Fsp3) is 0.368. The lowest BCUT2D eigenvalue weighted by Crippen LogP contribution is -2.36. The van der Waals surface area contributed by atoms with Gasteiger partial charge in [-0.3, -0.25) is 0 Å². The summed E-state index contributed by atoms with van der Waals surface area (Å²) in [5.41, 5.74) is 4.60. The van der Waals surface area contributed by atoms with Gasteiger partial charge in [0.15, 0.2) is 0 Å². The molecule has 0 aliphatic carbocycles. The van der Waals surface area contributed by atoms with E-state index < -0.39 is 0 Å². The maximum absolute atomic E-state index is 11.9. The quantitative estimate of drug-likeness (QED) is 0.792. The number of urea groups is 1. The van der Waals surface area contributed by atoms with Crippen LogP contribution >= 0.6 is 0 Å².